The molecule has 0 aliphatic rings. The molecular formula is C10H7BrFNO3. The van der Waals surface area contributed by atoms with Gasteiger partial charge in [0.1, 0.15) is 17.4 Å². The molecule has 1 N–H and O–H groups in total. The quantitative estimate of drug-likeness (QED) is 0.925. The Labute approximate surface area is 104 Å². The van der Waals surface area contributed by atoms with Crippen molar-refractivity contribution in [2.45, 2.75) is 6.42 Å². The van der Waals surface area contributed by atoms with Crippen molar-refractivity contribution in [3.8, 4) is 11.8 Å². The molecule has 0 radical (unpaired) electrons. The SMILES string of the molecule is [2H]C([2H])([2H])Oc1cc(CC(=O)O)c(Br)c(F)c1C#N. The summed E-state index contributed by atoms with van der Waals surface area (Å²) >= 11 is 2.83. The molecule has 1 aromatic carbocycles. The molecule has 0 saturated carbocycles. The van der Waals surface area contributed by atoms with Crippen molar-refractivity contribution in [2.24, 2.45) is 0 Å². The second-order valence-electron chi connectivity index (χ2n) is 2.82. The fourth-order valence-electron chi connectivity index (χ4n) is 1.13. The second-order valence-corrected chi connectivity index (χ2v) is 3.61. The maximum absolute atomic E-state index is 13.8. The number of carbonyl (C=O) groups is 1. The number of nitriles is 1. The van der Waals surface area contributed by atoms with Gasteiger partial charge in [0.15, 0.2) is 5.82 Å². The largest absolute Gasteiger partial charge is 0.495 e. The Morgan fingerprint density at radius 2 is 2.56 bits per heavy atom. The van der Waals surface area contributed by atoms with Gasteiger partial charge in [-0.2, -0.15) is 5.26 Å². The van der Waals surface area contributed by atoms with E-state index in [0.29, 0.717) is 0 Å². The molecule has 16 heavy (non-hydrogen) atoms. The van der Waals surface area contributed by atoms with Crippen molar-refractivity contribution in [1.82, 2.24) is 0 Å². The first-order valence-corrected chi connectivity index (χ1v) is 4.77. The van der Waals surface area contributed by atoms with Gasteiger partial charge in [-0.3, -0.25) is 4.79 Å². The van der Waals surface area contributed by atoms with Crippen molar-refractivity contribution in [1.29, 1.82) is 5.26 Å². The summed E-state index contributed by atoms with van der Waals surface area (Å²) in [6, 6.07) is 2.50. The van der Waals surface area contributed by atoms with E-state index in [1.165, 1.54) is 6.07 Å². The summed E-state index contributed by atoms with van der Waals surface area (Å²) < 4.78 is 38.9. The first-order chi connectivity index (χ1) is 8.65. The van der Waals surface area contributed by atoms with Crippen LogP contribution in [0, 0.1) is 17.1 Å². The fraction of sp³-hybridized carbons (Fsp3) is 0.200. The molecule has 84 valence electrons. The molecule has 1 rings (SSSR count). The molecule has 6 heteroatoms. The van der Waals surface area contributed by atoms with Gasteiger partial charge in [-0.1, -0.05) is 0 Å². The molecule has 0 heterocycles. The van der Waals surface area contributed by atoms with Crippen LogP contribution in [0.15, 0.2) is 10.5 Å². The Bertz CT molecular complexity index is 569. The van der Waals surface area contributed by atoms with Gasteiger partial charge >= 0.3 is 5.97 Å². The highest BCUT2D eigenvalue weighted by atomic mass is 79.9. The molecule has 0 fully saturated rings. The third-order valence-electron chi connectivity index (χ3n) is 1.81. The Morgan fingerprint density at radius 3 is 3.06 bits per heavy atom. The lowest BCUT2D eigenvalue weighted by molar-refractivity contribution is -0.136. The highest BCUT2D eigenvalue weighted by molar-refractivity contribution is 9.10. The summed E-state index contributed by atoms with van der Waals surface area (Å²) in [7, 11) is -2.87. The van der Waals surface area contributed by atoms with E-state index in [2.05, 4.69) is 20.7 Å². The third-order valence-corrected chi connectivity index (χ3v) is 2.67. The molecule has 0 aliphatic heterocycles. The van der Waals surface area contributed by atoms with Gasteiger partial charge in [0.05, 0.1) is 22.0 Å². The highest BCUT2D eigenvalue weighted by Gasteiger charge is 2.18. The van der Waals surface area contributed by atoms with Crippen LogP contribution >= 0.6 is 15.9 Å². The minimum Gasteiger partial charge on any atom is -0.495 e. The molecule has 0 unspecified atom stereocenters. The van der Waals surface area contributed by atoms with Crippen LogP contribution in [0.1, 0.15) is 15.2 Å². The van der Waals surface area contributed by atoms with E-state index in [1.807, 2.05) is 0 Å². The predicted octanol–water partition coefficient (Wildman–Crippen LogP) is 2.10. The van der Waals surface area contributed by atoms with E-state index in [9.17, 15) is 9.18 Å². The number of ether oxygens (including phenoxy) is 1. The van der Waals surface area contributed by atoms with Crippen molar-refractivity contribution < 1.29 is 23.1 Å². The number of carboxylic acid groups (broad SMARTS) is 1. The highest BCUT2D eigenvalue weighted by Crippen LogP contribution is 2.31. The van der Waals surface area contributed by atoms with Crippen LogP contribution in [0.4, 0.5) is 4.39 Å². The Balaban J connectivity index is 3.40. The molecule has 0 aromatic heterocycles. The average Bonchev–Trinajstić information content (AvgIpc) is 2.23. The maximum atomic E-state index is 13.8. The molecule has 1 aromatic rings. The zero-order valence-corrected chi connectivity index (χ0v) is 9.34. The van der Waals surface area contributed by atoms with Crippen LogP contribution in [0.5, 0.6) is 5.75 Å². The Kier molecular flexibility index (Phi) is 2.64. The number of aliphatic carboxylic acids is 1. The number of hydrogen-bond donors (Lipinski definition) is 1. The van der Waals surface area contributed by atoms with Crippen molar-refractivity contribution in [3.05, 3.63) is 27.5 Å². The Hall–Kier alpha value is -1.61. The summed E-state index contributed by atoms with van der Waals surface area (Å²) in [6.07, 6.45) is -0.541. The normalized spacial score (nSPS) is 13.2. The van der Waals surface area contributed by atoms with E-state index in [4.69, 9.17) is 14.5 Å². The summed E-state index contributed by atoms with van der Waals surface area (Å²) in [5, 5.41) is 17.5. The van der Waals surface area contributed by atoms with Crippen LogP contribution in [-0.2, 0) is 11.2 Å². The molecule has 0 spiro atoms. The molecule has 0 atom stereocenters. The number of nitrogens with zero attached hydrogens (tertiary/aromatic N) is 1. The van der Waals surface area contributed by atoms with Gasteiger partial charge in [0.2, 0.25) is 0 Å². The summed E-state index contributed by atoms with van der Waals surface area (Å²) in [4.78, 5) is 10.6. The van der Waals surface area contributed by atoms with Crippen molar-refractivity contribution in [3.63, 3.8) is 0 Å². The number of carboxylic acids is 1. The number of hydrogen-bond acceptors (Lipinski definition) is 3. The zero-order valence-electron chi connectivity index (χ0n) is 10.8. The van der Waals surface area contributed by atoms with Gasteiger partial charge in [-0.05, 0) is 27.6 Å². The van der Waals surface area contributed by atoms with Crippen LogP contribution < -0.4 is 4.74 Å². The number of benzene rings is 1. The maximum Gasteiger partial charge on any atom is 0.307 e. The molecule has 0 amide bonds. The van der Waals surface area contributed by atoms with E-state index < -0.39 is 36.6 Å². The lowest BCUT2D eigenvalue weighted by Gasteiger charge is -2.09. The number of halogens is 2. The lowest BCUT2D eigenvalue weighted by Crippen LogP contribution is -2.04. The molecule has 4 nitrogen and oxygen atoms in total. The fourth-order valence-corrected chi connectivity index (χ4v) is 1.58. The van der Waals surface area contributed by atoms with E-state index in [0.717, 1.165) is 6.07 Å². The monoisotopic (exact) mass is 290 g/mol. The van der Waals surface area contributed by atoms with Crippen molar-refractivity contribution >= 4 is 21.9 Å². The van der Waals surface area contributed by atoms with Crippen LogP contribution in [-0.4, -0.2) is 18.1 Å². The standard InChI is InChI=1S/C10H7BrFNO3/c1-16-7-2-5(3-8(14)15)9(11)10(12)6(7)4-13/h2H,3H2,1H3,(H,14,15)/i1D3. The smallest absolute Gasteiger partial charge is 0.307 e. The van der Waals surface area contributed by atoms with Crippen LogP contribution in [0.3, 0.4) is 0 Å². The molecule has 0 saturated heterocycles. The van der Waals surface area contributed by atoms with E-state index >= 15 is 0 Å². The minimum absolute atomic E-state index is 0.0248. The second kappa shape index (κ2) is 4.94. The third kappa shape index (κ3) is 2.31. The first-order valence-electron chi connectivity index (χ1n) is 5.47. The Morgan fingerprint density at radius 1 is 1.88 bits per heavy atom. The van der Waals surface area contributed by atoms with E-state index in [1.54, 1.807) is 0 Å². The number of rotatable bonds is 3. The van der Waals surface area contributed by atoms with Gasteiger partial charge in [-0.15, -0.1) is 0 Å². The van der Waals surface area contributed by atoms with Gasteiger partial charge in [-0.25, -0.2) is 4.39 Å². The molecule has 0 aliphatic carbocycles. The van der Waals surface area contributed by atoms with Gasteiger partial charge in [0.25, 0.3) is 0 Å². The first kappa shape index (κ1) is 8.53. The van der Waals surface area contributed by atoms with Crippen molar-refractivity contribution in [2.75, 3.05) is 7.04 Å². The van der Waals surface area contributed by atoms with Gasteiger partial charge in [0, 0.05) is 0 Å². The lowest BCUT2D eigenvalue weighted by atomic mass is 10.1. The zero-order chi connectivity index (χ0) is 14.8. The molecule has 0 bridgehead atoms. The van der Waals surface area contributed by atoms with E-state index in [-0.39, 0.29) is 10.0 Å². The summed E-state index contributed by atoms with van der Waals surface area (Å²) in [6.45, 7) is 0. The number of methoxy groups -OCH3 is 1. The molecular weight excluding hydrogens is 281 g/mol. The van der Waals surface area contributed by atoms with Crippen LogP contribution in [0.25, 0.3) is 0 Å². The summed E-state index contributed by atoms with van der Waals surface area (Å²) in [5.74, 6) is -2.80. The van der Waals surface area contributed by atoms with Crippen LogP contribution in [0.2, 0.25) is 0 Å². The minimum atomic E-state index is -2.87. The summed E-state index contributed by atoms with van der Waals surface area (Å²) in [5.41, 5.74) is -0.625. The predicted molar refractivity (Wildman–Crippen MR) is 56.7 cm³/mol. The topological polar surface area (TPSA) is 70.3 Å². The average molecular weight is 291 g/mol. The van der Waals surface area contributed by atoms with Gasteiger partial charge < -0.3 is 9.84 Å².